The van der Waals surface area contributed by atoms with Gasteiger partial charge in [0.2, 0.25) is 0 Å². The Morgan fingerprint density at radius 2 is 1.79 bits per heavy atom. The van der Waals surface area contributed by atoms with Gasteiger partial charge >= 0.3 is 12.1 Å². The second-order valence-corrected chi connectivity index (χ2v) is 10.0. The van der Waals surface area contributed by atoms with E-state index in [1.165, 1.54) is 0 Å². The van der Waals surface area contributed by atoms with Crippen molar-refractivity contribution in [2.75, 3.05) is 13.1 Å². The Labute approximate surface area is 174 Å². The van der Waals surface area contributed by atoms with E-state index in [4.69, 9.17) is 9.47 Å². The molecule has 1 saturated heterocycles. The molecule has 1 aromatic carbocycles. The molecule has 1 heterocycles. The van der Waals surface area contributed by atoms with E-state index in [1.807, 2.05) is 65.8 Å². The number of ether oxygens (including phenoxy) is 2. The highest BCUT2D eigenvalue weighted by Gasteiger charge is 2.39. The smallest absolute Gasteiger partial charge is 0.410 e. The zero-order chi connectivity index (χ0) is 21.1. The first-order chi connectivity index (χ1) is 12.8. The van der Waals surface area contributed by atoms with Crippen LogP contribution in [-0.2, 0) is 20.7 Å². The Morgan fingerprint density at radius 1 is 1.14 bits per heavy atom. The zero-order valence-electron chi connectivity index (χ0n) is 17.8. The van der Waals surface area contributed by atoms with Gasteiger partial charge in [-0.25, -0.2) is 4.79 Å². The van der Waals surface area contributed by atoms with Crippen molar-refractivity contribution in [2.45, 2.75) is 70.5 Å². The molecule has 28 heavy (non-hydrogen) atoms. The van der Waals surface area contributed by atoms with Gasteiger partial charge in [-0.05, 0) is 78.0 Å². The predicted octanol–water partition coefficient (Wildman–Crippen LogP) is 4.73. The number of rotatable bonds is 4. The molecule has 2 rings (SSSR count). The van der Waals surface area contributed by atoms with E-state index in [2.05, 4.69) is 12.6 Å². The molecule has 0 saturated carbocycles. The number of nitrogens with zero attached hydrogens (tertiary/aromatic N) is 1. The van der Waals surface area contributed by atoms with Crippen molar-refractivity contribution in [2.24, 2.45) is 11.8 Å². The fourth-order valence-corrected chi connectivity index (χ4v) is 3.62. The number of benzene rings is 1. The summed E-state index contributed by atoms with van der Waals surface area (Å²) in [7, 11) is 0. The summed E-state index contributed by atoms with van der Waals surface area (Å²) in [5, 5.41) is 0. The SMILES string of the molecule is CC(C)(C)OC(=O)[C@@H](Cc1cccc(S)c1)[C@H]1CCN(C(=O)OC(C)(C)C)C1. The van der Waals surface area contributed by atoms with Crippen LogP contribution in [0.1, 0.15) is 53.5 Å². The molecular formula is C22H33NO4S. The van der Waals surface area contributed by atoms with Gasteiger partial charge in [0.25, 0.3) is 0 Å². The van der Waals surface area contributed by atoms with E-state index in [0.717, 1.165) is 16.9 Å². The highest BCUT2D eigenvalue weighted by molar-refractivity contribution is 7.80. The molecule has 0 bridgehead atoms. The van der Waals surface area contributed by atoms with Crippen molar-refractivity contribution >= 4 is 24.7 Å². The maximum absolute atomic E-state index is 13.0. The summed E-state index contributed by atoms with van der Waals surface area (Å²) in [5.74, 6) is -0.499. The maximum atomic E-state index is 13.0. The molecule has 1 fully saturated rings. The summed E-state index contributed by atoms with van der Waals surface area (Å²) in [6, 6.07) is 7.82. The Hall–Kier alpha value is -1.69. The quantitative estimate of drug-likeness (QED) is 0.579. The summed E-state index contributed by atoms with van der Waals surface area (Å²) in [5.41, 5.74) is -0.0456. The lowest BCUT2D eigenvalue weighted by atomic mass is 9.86. The molecular weight excluding hydrogens is 374 g/mol. The summed E-state index contributed by atoms with van der Waals surface area (Å²) in [6.45, 7) is 12.3. The van der Waals surface area contributed by atoms with Gasteiger partial charge in [0.15, 0.2) is 0 Å². The van der Waals surface area contributed by atoms with Crippen molar-refractivity contribution < 1.29 is 19.1 Å². The molecule has 1 aromatic rings. The third-order valence-corrected chi connectivity index (χ3v) is 4.80. The molecule has 1 aliphatic rings. The van der Waals surface area contributed by atoms with Crippen LogP contribution in [0.15, 0.2) is 29.2 Å². The van der Waals surface area contributed by atoms with Crippen LogP contribution < -0.4 is 0 Å². The first-order valence-corrected chi connectivity index (χ1v) is 10.3. The topological polar surface area (TPSA) is 55.8 Å². The Morgan fingerprint density at radius 3 is 2.36 bits per heavy atom. The monoisotopic (exact) mass is 407 g/mol. The Bertz CT molecular complexity index is 705. The van der Waals surface area contributed by atoms with Gasteiger partial charge in [0, 0.05) is 18.0 Å². The molecule has 1 amide bonds. The summed E-state index contributed by atoms with van der Waals surface area (Å²) in [4.78, 5) is 27.9. The molecule has 0 radical (unpaired) electrons. The maximum Gasteiger partial charge on any atom is 0.410 e. The average molecular weight is 408 g/mol. The second kappa shape index (κ2) is 8.76. The van der Waals surface area contributed by atoms with Crippen molar-refractivity contribution in [1.82, 2.24) is 4.90 Å². The normalized spacial score (nSPS) is 18.7. The lowest BCUT2D eigenvalue weighted by molar-refractivity contribution is -0.161. The number of likely N-dealkylation sites (tertiary alicyclic amines) is 1. The predicted molar refractivity (Wildman–Crippen MR) is 113 cm³/mol. The lowest BCUT2D eigenvalue weighted by Crippen LogP contribution is -2.38. The summed E-state index contributed by atoms with van der Waals surface area (Å²) < 4.78 is 11.2. The third-order valence-electron chi connectivity index (χ3n) is 4.52. The number of hydrogen-bond donors (Lipinski definition) is 1. The number of hydrogen-bond acceptors (Lipinski definition) is 5. The van der Waals surface area contributed by atoms with Crippen LogP contribution in [0.4, 0.5) is 4.79 Å². The molecule has 0 spiro atoms. The zero-order valence-corrected chi connectivity index (χ0v) is 18.7. The highest BCUT2D eigenvalue weighted by atomic mass is 32.1. The van der Waals surface area contributed by atoms with E-state index < -0.39 is 11.2 Å². The van der Waals surface area contributed by atoms with Crippen LogP contribution in [-0.4, -0.2) is 41.3 Å². The van der Waals surface area contributed by atoms with Gasteiger partial charge in [-0.1, -0.05) is 12.1 Å². The van der Waals surface area contributed by atoms with Gasteiger partial charge in [0.1, 0.15) is 11.2 Å². The molecule has 0 aromatic heterocycles. The summed E-state index contributed by atoms with van der Waals surface area (Å²) in [6.07, 6.45) is 0.996. The van der Waals surface area contributed by atoms with E-state index in [1.54, 1.807) is 4.90 Å². The number of thiol groups is 1. The van der Waals surface area contributed by atoms with E-state index in [9.17, 15) is 9.59 Å². The van der Waals surface area contributed by atoms with Gasteiger partial charge in [-0.3, -0.25) is 4.79 Å². The van der Waals surface area contributed by atoms with E-state index in [-0.39, 0.29) is 23.9 Å². The molecule has 1 aliphatic heterocycles. The van der Waals surface area contributed by atoms with Crippen molar-refractivity contribution in [3.8, 4) is 0 Å². The van der Waals surface area contributed by atoms with Gasteiger partial charge in [-0.2, -0.15) is 0 Å². The highest BCUT2D eigenvalue weighted by Crippen LogP contribution is 2.31. The number of carbonyl (C=O) groups is 2. The van der Waals surface area contributed by atoms with Crippen LogP contribution in [0.2, 0.25) is 0 Å². The minimum Gasteiger partial charge on any atom is -0.460 e. The molecule has 0 N–H and O–H groups in total. The first kappa shape index (κ1) is 22.6. The van der Waals surface area contributed by atoms with Crippen molar-refractivity contribution in [1.29, 1.82) is 0 Å². The Kier molecular flexibility index (Phi) is 7.07. The van der Waals surface area contributed by atoms with Crippen molar-refractivity contribution in [3.05, 3.63) is 29.8 Å². The molecule has 0 unspecified atom stereocenters. The van der Waals surface area contributed by atoms with Gasteiger partial charge in [0.05, 0.1) is 5.92 Å². The minimum absolute atomic E-state index is 0.0333. The van der Waals surface area contributed by atoms with Gasteiger partial charge < -0.3 is 14.4 Å². The first-order valence-electron chi connectivity index (χ1n) is 9.83. The van der Waals surface area contributed by atoms with E-state index >= 15 is 0 Å². The molecule has 156 valence electrons. The largest absolute Gasteiger partial charge is 0.460 e. The lowest BCUT2D eigenvalue weighted by Gasteiger charge is -2.28. The molecule has 2 atom stereocenters. The second-order valence-electron chi connectivity index (χ2n) is 9.49. The number of esters is 1. The standard InChI is InChI=1S/C22H33NO4S/c1-21(2,3)26-19(24)18(13-15-8-7-9-17(28)12-15)16-10-11-23(14-16)20(25)27-22(4,5)6/h7-9,12,16,18,28H,10-11,13-14H2,1-6H3/t16-,18-/m0/s1. The summed E-state index contributed by atoms with van der Waals surface area (Å²) >= 11 is 4.40. The van der Waals surface area contributed by atoms with E-state index in [0.29, 0.717) is 19.5 Å². The van der Waals surface area contributed by atoms with Crippen LogP contribution in [0.3, 0.4) is 0 Å². The fourth-order valence-electron chi connectivity index (χ4n) is 3.37. The van der Waals surface area contributed by atoms with Gasteiger partial charge in [-0.15, -0.1) is 12.6 Å². The van der Waals surface area contributed by atoms with Crippen LogP contribution >= 0.6 is 12.6 Å². The molecule has 5 nitrogen and oxygen atoms in total. The minimum atomic E-state index is -0.551. The molecule has 6 heteroatoms. The average Bonchev–Trinajstić information content (AvgIpc) is 2.99. The molecule has 0 aliphatic carbocycles. The number of carbonyl (C=O) groups excluding carboxylic acids is 2. The third kappa shape index (κ3) is 7.04. The fraction of sp³-hybridized carbons (Fsp3) is 0.636. The van der Waals surface area contributed by atoms with Crippen LogP contribution in [0, 0.1) is 11.8 Å². The van der Waals surface area contributed by atoms with Crippen molar-refractivity contribution in [3.63, 3.8) is 0 Å². The van der Waals surface area contributed by atoms with Crippen LogP contribution in [0.25, 0.3) is 0 Å². The Balaban J connectivity index is 2.15. The van der Waals surface area contributed by atoms with Crippen LogP contribution in [0.5, 0.6) is 0 Å². The number of amides is 1.